The van der Waals surface area contributed by atoms with Crippen LogP contribution in [0.2, 0.25) is 0 Å². The van der Waals surface area contributed by atoms with E-state index in [4.69, 9.17) is 15.1 Å². The van der Waals surface area contributed by atoms with Crippen LogP contribution in [0.4, 0.5) is 0 Å². The van der Waals surface area contributed by atoms with Crippen molar-refractivity contribution >= 4 is 0 Å². The summed E-state index contributed by atoms with van der Waals surface area (Å²) in [6, 6.07) is 2.14. The Bertz CT molecular complexity index is 144. The molecule has 0 radical (unpaired) electrons. The summed E-state index contributed by atoms with van der Waals surface area (Å²) < 4.78 is 5.07. The maximum Gasteiger partial charge on any atom is 0.0847 e. The molecule has 1 saturated heterocycles. The maximum absolute atomic E-state index is 8.86. The fourth-order valence-corrected chi connectivity index (χ4v) is 1.07. The molecule has 0 atom stereocenters. The van der Waals surface area contributed by atoms with Crippen LogP contribution < -0.4 is 0 Å². The second-order valence-electron chi connectivity index (χ2n) is 2.66. The van der Waals surface area contributed by atoms with E-state index in [0.29, 0.717) is 26.1 Å². The summed E-state index contributed by atoms with van der Waals surface area (Å²) >= 11 is 0. The molecule has 0 aliphatic carbocycles. The lowest BCUT2D eigenvalue weighted by atomic mass is 9.83. The molecule has 0 aromatic carbocycles. The topological polar surface area (TPSA) is 53.2 Å². The van der Waals surface area contributed by atoms with Gasteiger partial charge in [0.05, 0.1) is 18.1 Å². The summed E-state index contributed by atoms with van der Waals surface area (Å²) in [7, 11) is 0. The van der Waals surface area contributed by atoms with Gasteiger partial charge in [0.15, 0.2) is 0 Å². The van der Waals surface area contributed by atoms with E-state index in [1.54, 1.807) is 0 Å². The predicted molar refractivity (Wildman–Crippen MR) is 35.2 cm³/mol. The summed E-state index contributed by atoms with van der Waals surface area (Å²) in [5.41, 5.74) is -0.502. The highest BCUT2D eigenvalue weighted by atomic mass is 16.5. The van der Waals surface area contributed by atoms with E-state index in [1.165, 1.54) is 0 Å². The van der Waals surface area contributed by atoms with E-state index in [9.17, 15) is 0 Å². The Morgan fingerprint density at radius 3 is 2.40 bits per heavy atom. The van der Waals surface area contributed by atoms with Crippen molar-refractivity contribution in [3.63, 3.8) is 0 Å². The first kappa shape index (κ1) is 7.52. The van der Waals surface area contributed by atoms with Crippen molar-refractivity contribution in [1.29, 1.82) is 5.26 Å². The Hall–Kier alpha value is -0.590. The molecule has 3 heteroatoms. The molecule has 0 spiro atoms. The molecule has 1 fully saturated rings. The summed E-state index contributed by atoms with van der Waals surface area (Å²) in [6.07, 6.45) is 1.33. The first-order chi connectivity index (χ1) is 4.83. The number of aliphatic hydroxyl groups is 1. The van der Waals surface area contributed by atoms with Gasteiger partial charge in [-0.3, -0.25) is 0 Å². The highest BCUT2D eigenvalue weighted by Crippen LogP contribution is 2.28. The zero-order chi connectivity index (χ0) is 7.45. The number of hydrogen-bond acceptors (Lipinski definition) is 3. The number of ether oxygens (including phenoxy) is 1. The van der Waals surface area contributed by atoms with Gasteiger partial charge in [-0.25, -0.2) is 0 Å². The fourth-order valence-electron chi connectivity index (χ4n) is 1.07. The molecule has 0 saturated carbocycles. The van der Waals surface area contributed by atoms with E-state index in [-0.39, 0.29) is 6.61 Å². The Balaban J connectivity index is 2.55. The van der Waals surface area contributed by atoms with Crippen molar-refractivity contribution in [3.05, 3.63) is 0 Å². The Kier molecular flexibility index (Phi) is 2.25. The van der Waals surface area contributed by atoms with Crippen molar-refractivity contribution in [2.24, 2.45) is 5.41 Å². The van der Waals surface area contributed by atoms with Crippen molar-refractivity contribution in [2.75, 3.05) is 19.8 Å². The van der Waals surface area contributed by atoms with Gasteiger partial charge in [0.25, 0.3) is 0 Å². The minimum absolute atomic E-state index is 0.0349. The van der Waals surface area contributed by atoms with Crippen LogP contribution in [0.1, 0.15) is 12.8 Å². The Morgan fingerprint density at radius 2 is 2.10 bits per heavy atom. The molecule has 1 N–H and O–H groups in total. The molecule has 1 aliphatic rings. The van der Waals surface area contributed by atoms with E-state index in [0.717, 1.165) is 0 Å². The Morgan fingerprint density at radius 1 is 1.50 bits per heavy atom. The Labute approximate surface area is 60.2 Å². The molecule has 1 aliphatic heterocycles. The van der Waals surface area contributed by atoms with Crippen LogP contribution in [0.25, 0.3) is 0 Å². The number of hydrogen-bond donors (Lipinski definition) is 1. The third-order valence-electron chi connectivity index (χ3n) is 1.99. The van der Waals surface area contributed by atoms with Crippen LogP contribution in [0.5, 0.6) is 0 Å². The molecule has 0 unspecified atom stereocenters. The van der Waals surface area contributed by atoms with Gasteiger partial charge in [-0.2, -0.15) is 5.26 Å². The van der Waals surface area contributed by atoms with Crippen LogP contribution in [0.15, 0.2) is 0 Å². The maximum atomic E-state index is 8.86. The van der Waals surface area contributed by atoms with Gasteiger partial charge < -0.3 is 9.84 Å². The second kappa shape index (κ2) is 3.00. The predicted octanol–water partition coefficient (Wildman–Crippen LogP) is 0.299. The zero-order valence-corrected chi connectivity index (χ0v) is 5.84. The van der Waals surface area contributed by atoms with Crippen LogP contribution in [-0.4, -0.2) is 24.9 Å². The van der Waals surface area contributed by atoms with Crippen LogP contribution in [0, 0.1) is 16.7 Å². The van der Waals surface area contributed by atoms with Gasteiger partial charge in [0, 0.05) is 13.2 Å². The number of nitriles is 1. The highest BCUT2D eigenvalue weighted by molar-refractivity contribution is 4.99. The molecule has 0 aromatic rings. The average Bonchev–Trinajstić information content (AvgIpc) is 2.06. The summed E-state index contributed by atoms with van der Waals surface area (Å²) in [5.74, 6) is 0. The van der Waals surface area contributed by atoms with Gasteiger partial charge in [0.2, 0.25) is 0 Å². The largest absolute Gasteiger partial charge is 0.395 e. The first-order valence-electron chi connectivity index (χ1n) is 3.43. The molecular weight excluding hydrogens is 130 g/mol. The molecule has 0 bridgehead atoms. The average molecular weight is 141 g/mol. The highest BCUT2D eigenvalue weighted by Gasteiger charge is 2.31. The third kappa shape index (κ3) is 1.28. The quantitative estimate of drug-likeness (QED) is 0.571. The van der Waals surface area contributed by atoms with Gasteiger partial charge in [0.1, 0.15) is 0 Å². The first-order valence-corrected chi connectivity index (χ1v) is 3.43. The van der Waals surface area contributed by atoms with E-state index < -0.39 is 5.41 Å². The molecule has 1 heterocycles. The number of rotatable bonds is 1. The molecule has 3 nitrogen and oxygen atoms in total. The summed E-state index contributed by atoms with van der Waals surface area (Å²) in [6.45, 7) is 1.18. The molecule has 0 aromatic heterocycles. The van der Waals surface area contributed by atoms with Crippen molar-refractivity contribution in [2.45, 2.75) is 12.8 Å². The van der Waals surface area contributed by atoms with E-state index in [2.05, 4.69) is 6.07 Å². The van der Waals surface area contributed by atoms with Crippen LogP contribution in [-0.2, 0) is 4.74 Å². The lowest BCUT2D eigenvalue weighted by molar-refractivity contribution is 0.0138. The van der Waals surface area contributed by atoms with Gasteiger partial charge >= 0.3 is 0 Å². The standard InChI is InChI=1S/C7H11NO2/c8-5-7(6-9)1-3-10-4-2-7/h9H,1-4,6H2. The van der Waals surface area contributed by atoms with E-state index >= 15 is 0 Å². The lowest BCUT2D eigenvalue weighted by Gasteiger charge is -2.28. The van der Waals surface area contributed by atoms with E-state index in [1.807, 2.05) is 0 Å². The van der Waals surface area contributed by atoms with Crippen LogP contribution >= 0.6 is 0 Å². The zero-order valence-electron chi connectivity index (χ0n) is 5.84. The monoisotopic (exact) mass is 141 g/mol. The van der Waals surface area contributed by atoms with Gasteiger partial charge in [-0.1, -0.05) is 0 Å². The van der Waals surface area contributed by atoms with Crippen molar-refractivity contribution in [3.8, 4) is 6.07 Å². The summed E-state index contributed by atoms with van der Waals surface area (Å²) in [4.78, 5) is 0. The third-order valence-corrected chi connectivity index (χ3v) is 1.99. The minimum Gasteiger partial charge on any atom is -0.395 e. The molecule has 10 heavy (non-hydrogen) atoms. The van der Waals surface area contributed by atoms with Crippen LogP contribution in [0.3, 0.4) is 0 Å². The lowest BCUT2D eigenvalue weighted by Crippen LogP contribution is -2.31. The normalized spacial score (nSPS) is 23.6. The summed E-state index contributed by atoms with van der Waals surface area (Å²) in [5, 5.41) is 17.5. The van der Waals surface area contributed by atoms with Gasteiger partial charge in [-0.05, 0) is 12.8 Å². The molecular formula is C7H11NO2. The smallest absolute Gasteiger partial charge is 0.0847 e. The second-order valence-corrected chi connectivity index (χ2v) is 2.66. The molecule has 1 rings (SSSR count). The fraction of sp³-hybridized carbons (Fsp3) is 0.857. The SMILES string of the molecule is N#CC1(CO)CCOCC1. The van der Waals surface area contributed by atoms with Gasteiger partial charge in [-0.15, -0.1) is 0 Å². The number of aliphatic hydroxyl groups excluding tert-OH is 1. The molecule has 0 amide bonds. The minimum atomic E-state index is -0.502. The van der Waals surface area contributed by atoms with Crippen molar-refractivity contribution < 1.29 is 9.84 Å². The number of nitrogens with zero attached hydrogens (tertiary/aromatic N) is 1. The van der Waals surface area contributed by atoms with Crippen molar-refractivity contribution in [1.82, 2.24) is 0 Å². The molecule has 56 valence electrons.